The Kier molecular flexibility index (Phi) is 3.06. The van der Waals surface area contributed by atoms with Gasteiger partial charge in [0, 0.05) is 24.5 Å². The molecule has 100 valence electrons. The molecule has 1 aliphatic rings. The molecule has 18 heavy (non-hydrogen) atoms. The summed E-state index contributed by atoms with van der Waals surface area (Å²) in [6, 6.07) is 6.10. The number of ether oxygens (including phenoxy) is 1. The zero-order valence-electron chi connectivity index (χ0n) is 12.1. The van der Waals surface area contributed by atoms with Crippen LogP contribution < -0.4 is 10.6 Å². The quantitative estimate of drug-likeness (QED) is 0.777. The second-order valence-electron chi connectivity index (χ2n) is 6.52. The summed E-state index contributed by atoms with van der Waals surface area (Å²) >= 11 is 0. The van der Waals surface area contributed by atoms with Crippen LogP contribution in [0.4, 0.5) is 11.4 Å². The number of hydrogen-bond acceptors (Lipinski definition) is 3. The normalized spacial score (nSPS) is 21.9. The Hall–Kier alpha value is -1.22. The fourth-order valence-corrected chi connectivity index (χ4v) is 2.93. The van der Waals surface area contributed by atoms with E-state index in [1.807, 2.05) is 6.07 Å². The van der Waals surface area contributed by atoms with Crippen molar-refractivity contribution < 1.29 is 4.74 Å². The molecular formula is C15H24N2O. The van der Waals surface area contributed by atoms with Gasteiger partial charge in [0.1, 0.15) is 0 Å². The van der Waals surface area contributed by atoms with Crippen molar-refractivity contribution in [3.63, 3.8) is 0 Å². The van der Waals surface area contributed by atoms with Crippen LogP contribution in [-0.2, 0) is 4.74 Å². The fourth-order valence-electron chi connectivity index (χ4n) is 2.93. The summed E-state index contributed by atoms with van der Waals surface area (Å²) in [7, 11) is 0. The van der Waals surface area contributed by atoms with Gasteiger partial charge in [-0.15, -0.1) is 0 Å². The maximum atomic E-state index is 6.11. The number of nitrogens with zero attached hydrogens (tertiary/aromatic N) is 1. The van der Waals surface area contributed by atoms with E-state index in [1.54, 1.807) is 0 Å². The molecule has 1 fully saturated rings. The molecule has 1 aromatic rings. The molecule has 0 bridgehead atoms. The molecule has 0 spiro atoms. The first kappa shape index (κ1) is 13.2. The van der Waals surface area contributed by atoms with Crippen molar-refractivity contribution >= 4 is 11.4 Å². The molecule has 0 aliphatic carbocycles. The van der Waals surface area contributed by atoms with Gasteiger partial charge in [0.25, 0.3) is 0 Å². The zero-order valence-corrected chi connectivity index (χ0v) is 12.1. The molecule has 3 nitrogen and oxygen atoms in total. The van der Waals surface area contributed by atoms with Crippen LogP contribution in [0, 0.1) is 6.92 Å². The molecule has 0 saturated carbocycles. The summed E-state index contributed by atoms with van der Waals surface area (Å²) in [5, 5.41) is 0. The molecular weight excluding hydrogens is 224 g/mol. The summed E-state index contributed by atoms with van der Waals surface area (Å²) in [6.07, 6.45) is 0. The first-order valence-electron chi connectivity index (χ1n) is 6.50. The smallest absolute Gasteiger partial charge is 0.0808 e. The van der Waals surface area contributed by atoms with E-state index >= 15 is 0 Å². The third-order valence-corrected chi connectivity index (χ3v) is 3.27. The number of aryl methyl sites for hydroxylation is 1. The average molecular weight is 248 g/mol. The van der Waals surface area contributed by atoms with Crippen molar-refractivity contribution in [2.75, 3.05) is 23.7 Å². The van der Waals surface area contributed by atoms with Gasteiger partial charge in [-0.3, -0.25) is 0 Å². The molecule has 1 aromatic carbocycles. The second kappa shape index (κ2) is 4.16. The van der Waals surface area contributed by atoms with Gasteiger partial charge in [-0.05, 0) is 52.3 Å². The minimum Gasteiger partial charge on any atom is -0.399 e. The lowest BCUT2D eigenvalue weighted by Gasteiger charge is -2.48. The van der Waals surface area contributed by atoms with E-state index in [0.717, 1.165) is 18.8 Å². The van der Waals surface area contributed by atoms with Crippen LogP contribution in [-0.4, -0.2) is 24.3 Å². The van der Waals surface area contributed by atoms with E-state index in [0.29, 0.717) is 0 Å². The molecule has 0 amide bonds. The number of anilines is 2. The lowest BCUT2D eigenvalue weighted by molar-refractivity contribution is -0.133. The monoisotopic (exact) mass is 248 g/mol. The molecule has 0 unspecified atom stereocenters. The highest BCUT2D eigenvalue weighted by molar-refractivity contribution is 5.61. The Labute approximate surface area is 110 Å². The van der Waals surface area contributed by atoms with Crippen molar-refractivity contribution in [3.05, 3.63) is 23.8 Å². The summed E-state index contributed by atoms with van der Waals surface area (Å²) in [4.78, 5) is 2.38. The predicted molar refractivity (Wildman–Crippen MR) is 77.0 cm³/mol. The highest BCUT2D eigenvalue weighted by Crippen LogP contribution is 2.33. The first-order valence-corrected chi connectivity index (χ1v) is 6.50. The van der Waals surface area contributed by atoms with E-state index in [4.69, 9.17) is 10.5 Å². The molecule has 2 rings (SSSR count). The molecule has 2 N–H and O–H groups in total. The van der Waals surface area contributed by atoms with Crippen LogP contribution in [0.25, 0.3) is 0 Å². The van der Waals surface area contributed by atoms with E-state index in [2.05, 4.69) is 51.7 Å². The second-order valence-corrected chi connectivity index (χ2v) is 6.52. The molecule has 1 heterocycles. The third-order valence-electron chi connectivity index (χ3n) is 3.27. The summed E-state index contributed by atoms with van der Waals surface area (Å²) in [5.74, 6) is 0. The number of benzene rings is 1. The van der Waals surface area contributed by atoms with Crippen LogP contribution in [0.1, 0.15) is 33.3 Å². The van der Waals surface area contributed by atoms with Crippen LogP contribution >= 0.6 is 0 Å². The van der Waals surface area contributed by atoms with E-state index in [1.165, 1.54) is 11.3 Å². The predicted octanol–water partition coefficient (Wildman–Crippen LogP) is 2.97. The van der Waals surface area contributed by atoms with E-state index < -0.39 is 0 Å². The average Bonchev–Trinajstić information content (AvgIpc) is 2.17. The SMILES string of the molecule is Cc1ccc(N)cc1N1CC(C)(C)OC(C)(C)C1. The van der Waals surface area contributed by atoms with Crippen molar-refractivity contribution in [3.8, 4) is 0 Å². The van der Waals surface area contributed by atoms with Crippen molar-refractivity contribution in [1.29, 1.82) is 0 Å². The van der Waals surface area contributed by atoms with Crippen molar-refractivity contribution in [1.82, 2.24) is 0 Å². The summed E-state index contributed by atoms with van der Waals surface area (Å²) in [6.45, 7) is 12.5. The highest BCUT2D eigenvalue weighted by Gasteiger charge is 2.38. The summed E-state index contributed by atoms with van der Waals surface area (Å²) in [5.41, 5.74) is 8.93. The van der Waals surface area contributed by atoms with Crippen LogP contribution in [0.2, 0.25) is 0 Å². The molecule has 3 heteroatoms. The van der Waals surface area contributed by atoms with Gasteiger partial charge in [0.15, 0.2) is 0 Å². The van der Waals surface area contributed by atoms with Gasteiger partial charge in [-0.1, -0.05) is 6.07 Å². The van der Waals surface area contributed by atoms with Gasteiger partial charge in [0.05, 0.1) is 11.2 Å². The van der Waals surface area contributed by atoms with Crippen LogP contribution in [0.3, 0.4) is 0 Å². The third kappa shape index (κ3) is 2.78. The largest absolute Gasteiger partial charge is 0.399 e. The molecule has 0 radical (unpaired) electrons. The molecule has 0 atom stereocenters. The minimum atomic E-state index is -0.140. The Bertz CT molecular complexity index is 436. The van der Waals surface area contributed by atoms with Gasteiger partial charge in [-0.2, -0.15) is 0 Å². The first-order chi connectivity index (χ1) is 8.19. The highest BCUT2D eigenvalue weighted by atomic mass is 16.5. The number of nitrogen functional groups attached to an aromatic ring is 1. The zero-order chi connectivity index (χ0) is 13.6. The van der Waals surface area contributed by atoms with Crippen LogP contribution in [0.15, 0.2) is 18.2 Å². The number of morpholine rings is 1. The minimum absolute atomic E-state index is 0.140. The van der Waals surface area contributed by atoms with E-state index in [-0.39, 0.29) is 11.2 Å². The van der Waals surface area contributed by atoms with Gasteiger partial charge in [0.2, 0.25) is 0 Å². The summed E-state index contributed by atoms with van der Waals surface area (Å²) < 4.78 is 6.11. The topological polar surface area (TPSA) is 38.5 Å². The van der Waals surface area contributed by atoms with Gasteiger partial charge < -0.3 is 15.4 Å². The lowest BCUT2D eigenvalue weighted by Crippen LogP contribution is -2.57. The lowest BCUT2D eigenvalue weighted by atomic mass is 9.97. The Morgan fingerprint density at radius 3 is 2.22 bits per heavy atom. The molecule has 1 aliphatic heterocycles. The van der Waals surface area contributed by atoms with E-state index in [9.17, 15) is 0 Å². The Balaban J connectivity index is 2.35. The Morgan fingerprint density at radius 2 is 1.67 bits per heavy atom. The van der Waals surface area contributed by atoms with Gasteiger partial charge >= 0.3 is 0 Å². The standard InChI is InChI=1S/C15H24N2O/c1-11-6-7-12(16)8-13(11)17-9-14(2,3)18-15(4,5)10-17/h6-8H,9-10,16H2,1-5H3. The fraction of sp³-hybridized carbons (Fsp3) is 0.600. The number of hydrogen-bond donors (Lipinski definition) is 1. The molecule has 1 saturated heterocycles. The maximum absolute atomic E-state index is 6.11. The van der Waals surface area contributed by atoms with Crippen molar-refractivity contribution in [2.45, 2.75) is 45.8 Å². The van der Waals surface area contributed by atoms with Crippen molar-refractivity contribution in [2.24, 2.45) is 0 Å². The number of rotatable bonds is 1. The number of nitrogens with two attached hydrogens (primary N) is 1. The Morgan fingerprint density at radius 1 is 1.11 bits per heavy atom. The van der Waals surface area contributed by atoms with Crippen LogP contribution in [0.5, 0.6) is 0 Å². The van der Waals surface area contributed by atoms with Gasteiger partial charge in [-0.25, -0.2) is 0 Å². The molecule has 0 aromatic heterocycles. The maximum Gasteiger partial charge on any atom is 0.0808 e.